The van der Waals surface area contributed by atoms with Crippen LogP contribution in [-0.2, 0) is 6.54 Å². The third kappa shape index (κ3) is 3.22. The van der Waals surface area contributed by atoms with Crippen LogP contribution in [0.1, 0.15) is 48.4 Å². The van der Waals surface area contributed by atoms with E-state index in [4.69, 9.17) is 0 Å². The molecule has 136 valence electrons. The van der Waals surface area contributed by atoms with Crippen molar-refractivity contribution in [2.45, 2.75) is 40.3 Å². The van der Waals surface area contributed by atoms with Crippen molar-refractivity contribution in [1.29, 1.82) is 0 Å². The van der Waals surface area contributed by atoms with Gasteiger partial charge >= 0.3 is 0 Å². The van der Waals surface area contributed by atoms with Crippen molar-refractivity contribution in [2.75, 3.05) is 6.54 Å². The molecular formula is C21H24N2O3. The van der Waals surface area contributed by atoms with E-state index in [9.17, 15) is 14.7 Å². The summed E-state index contributed by atoms with van der Waals surface area (Å²) < 4.78 is 2.12. The van der Waals surface area contributed by atoms with Gasteiger partial charge in [0.25, 0.3) is 0 Å². The third-order valence-electron chi connectivity index (χ3n) is 4.66. The van der Waals surface area contributed by atoms with Gasteiger partial charge in [0.15, 0.2) is 11.6 Å². The molecule has 0 spiro atoms. The summed E-state index contributed by atoms with van der Waals surface area (Å²) >= 11 is 0. The predicted molar refractivity (Wildman–Crippen MR) is 104 cm³/mol. The zero-order valence-electron chi connectivity index (χ0n) is 15.6. The Balaban J connectivity index is 2.27. The van der Waals surface area contributed by atoms with Gasteiger partial charge < -0.3 is 15.0 Å². The molecule has 1 aromatic heterocycles. The van der Waals surface area contributed by atoms with Crippen LogP contribution in [0.5, 0.6) is 5.75 Å². The first-order chi connectivity index (χ1) is 12.3. The van der Waals surface area contributed by atoms with Crippen molar-refractivity contribution in [2.24, 2.45) is 0 Å². The summed E-state index contributed by atoms with van der Waals surface area (Å²) in [4.78, 5) is 23.6. The Morgan fingerprint density at radius 2 is 1.73 bits per heavy atom. The number of aromatic hydroxyl groups is 1. The van der Waals surface area contributed by atoms with Crippen LogP contribution in [0.25, 0.3) is 21.8 Å². The average molecular weight is 352 g/mol. The first kappa shape index (κ1) is 18.1. The molecule has 0 unspecified atom stereocenters. The van der Waals surface area contributed by atoms with Crippen LogP contribution >= 0.6 is 0 Å². The first-order valence-electron chi connectivity index (χ1n) is 8.83. The van der Waals surface area contributed by atoms with E-state index in [1.165, 1.54) is 6.92 Å². The number of phenolic OH excluding ortho intramolecular Hbond substituents is 1. The van der Waals surface area contributed by atoms with E-state index in [1.54, 1.807) is 19.1 Å². The fourth-order valence-electron chi connectivity index (χ4n) is 3.34. The summed E-state index contributed by atoms with van der Waals surface area (Å²) in [5, 5.41) is 15.5. The Labute approximate surface area is 152 Å². The van der Waals surface area contributed by atoms with Crippen LogP contribution < -0.4 is 5.32 Å². The highest BCUT2D eigenvalue weighted by atomic mass is 16.3. The van der Waals surface area contributed by atoms with Crippen molar-refractivity contribution in [3.8, 4) is 5.75 Å². The molecule has 2 N–H and O–H groups in total. The number of hydrogen-bond acceptors (Lipinski definition) is 4. The Hall–Kier alpha value is -2.66. The van der Waals surface area contributed by atoms with E-state index in [0.29, 0.717) is 17.2 Å². The highest BCUT2D eigenvalue weighted by Gasteiger charge is 2.16. The Morgan fingerprint density at radius 3 is 2.35 bits per heavy atom. The summed E-state index contributed by atoms with van der Waals surface area (Å²) in [5.74, 6) is -0.202. The zero-order chi connectivity index (χ0) is 19.0. The number of hydrogen-bond donors (Lipinski definition) is 2. The number of rotatable bonds is 6. The lowest BCUT2D eigenvalue weighted by Crippen LogP contribution is -2.26. The van der Waals surface area contributed by atoms with E-state index < -0.39 is 0 Å². The van der Waals surface area contributed by atoms with Gasteiger partial charge in [-0.15, -0.1) is 0 Å². The quantitative estimate of drug-likeness (QED) is 0.660. The van der Waals surface area contributed by atoms with E-state index in [1.807, 2.05) is 18.2 Å². The maximum Gasteiger partial charge on any atom is 0.163 e. The van der Waals surface area contributed by atoms with Gasteiger partial charge in [-0.2, -0.15) is 0 Å². The monoisotopic (exact) mass is 352 g/mol. The summed E-state index contributed by atoms with van der Waals surface area (Å²) in [7, 11) is 0. The van der Waals surface area contributed by atoms with E-state index in [2.05, 4.69) is 23.7 Å². The molecule has 3 rings (SSSR count). The molecule has 26 heavy (non-hydrogen) atoms. The summed E-state index contributed by atoms with van der Waals surface area (Å²) in [6.07, 6.45) is 0. The molecule has 0 saturated heterocycles. The molecule has 0 aliphatic carbocycles. The lowest BCUT2D eigenvalue weighted by molar-refractivity contribution is 0.100. The minimum absolute atomic E-state index is 0.000144. The largest absolute Gasteiger partial charge is 0.507 e. The second-order valence-corrected chi connectivity index (χ2v) is 6.99. The van der Waals surface area contributed by atoms with E-state index >= 15 is 0 Å². The molecular weight excluding hydrogens is 328 g/mol. The van der Waals surface area contributed by atoms with Crippen molar-refractivity contribution >= 4 is 33.4 Å². The number of benzene rings is 2. The third-order valence-corrected chi connectivity index (χ3v) is 4.66. The van der Waals surface area contributed by atoms with Crippen molar-refractivity contribution in [3.05, 3.63) is 41.5 Å². The topological polar surface area (TPSA) is 71.3 Å². The molecule has 5 heteroatoms. The highest BCUT2D eigenvalue weighted by molar-refractivity contribution is 6.13. The molecule has 2 aromatic carbocycles. The number of Topliss-reactive ketones (excluding diaryl/α,β-unsaturated/α-hetero) is 2. The van der Waals surface area contributed by atoms with Crippen LogP contribution in [0, 0.1) is 0 Å². The Morgan fingerprint density at radius 1 is 1.04 bits per heavy atom. The normalized spacial score (nSPS) is 11.6. The molecule has 0 atom stereocenters. The van der Waals surface area contributed by atoms with Crippen molar-refractivity contribution in [3.63, 3.8) is 0 Å². The Kier molecular flexibility index (Phi) is 4.83. The summed E-state index contributed by atoms with van der Waals surface area (Å²) in [6.45, 7) is 8.66. The number of fused-ring (bicyclic) bond motifs is 3. The van der Waals surface area contributed by atoms with Gasteiger partial charge in [-0.3, -0.25) is 9.59 Å². The minimum atomic E-state index is -0.186. The second-order valence-electron chi connectivity index (χ2n) is 6.99. The minimum Gasteiger partial charge on any atom is -0.507 e. The van der Waals surface area contributed by atoms with Gasteiger partial charge in [-0.1, -0.05) is 13.8 Å². The molecule has 5 nitrogen and oxygen atoms in total. The van der Waals surface area contributed by atoms with Gasteiger partial charge in [-0.25, -0.2) is 0 Å². The zero-order valence-corrected chi connectivity index (χ0v) is 15.6. The predicted octanol–water partition coefficient (Wildman–Crippen LogP) is 3.90. The van der Waals surface area contributed by atoms with E-state index in [-0.39, 0.29) is 17.3 Å². The van der Waals surface area contributed by atoms with Gasteiger partial charge in [0.2, 0.25) is 0 Å². The molecule has 0 aliphatic heterocycles. The molecule has 0 radical (unpaired) electrons. The molecule has 1 heterocycles. The molecule has 3 aromatic rings. The molecule has 0 bridgehead atoms. The summed E-state index contributed by atoms with van der Waals surface area (Å²) in [6, 6.07) is 9.38. The standard InChI is InChI=1S/C21H24N2O3/c1-12(2)22-7-8-23-19-6-5-15(13(3)24)9-17(19)18-10-16(14(4)25)21(26)11-20(18)23/h5-6,9-12,22,26H,7-8H2,1-4H3. The van der Waals surface area contributed by atoms with Gasteiger partial charge in [0.05, 0.1) is 11.1 Å². The van der Waals surface area contributed by atoms with Gasteiger partial charge in [-0.05, 0) is 38.1 Å². The number of nitrogens with one attached hydrogen (secondary N) is 1. The second kappa shape index (κ2) is 6.92. The van der Waals surface area contributed by atoms with E-state index in [0.717, 1.165) is 34.9 Å². The fourth-order valence-corrected chi connectivity index (χ4v) is 3.34. The highest BCUT2D eigenvalue weighted by Crippen LogP contribution is 2.34. The van der Waals surface area contributed by atoms with Crippen LogP contribution in [0.2, 0.25) is 0 Å². The maximum absolute atomic E-state index is 11.8. The molecule has 0 aliphatic rings. The van der Waals surface area contributed by atoms with Gasteiger partial charge in [0.1, 0.15) is 5.75 Å². The number of aromatic nitrogens is 1. The van der Waals surface area contributed by atoms with Gasteiger partial charge in [0, 0.05) is 47.1 Å². The van der Waals surface area contributed by atoms with Crippen molar-refractivity contribution in [1.82, 2.24) is 9.88 Å². The first-order valence-corrected chi connectivity index (χ1v) is 8.83. The smallest absolute Gasteiger partial charge is 0.163 e. The molecule has 0 saturated carbocycles. The Bertz CT molecular complexity index is 1020. The van der Waals surface area contributed by atoms with Crippen LogP contribution in [0.15, 0.2) is 30.3 Å². The average Bonchev–Trinajstić information content (AvgIpc) is 2.86. The van der Waals surface area contributed by atoms with Crippen molar-refractivity contribution < 1.29 is 14.7 Å². The van der Waals surface area contributed by atoms with Crippen LogP contribution in [0.4, 0.5) is 0 Å². The van der Waals surface area contributed by atoms with Crippen LogP contribution in [0.3, 0.4) is 0 Å². The number of carbonyl (C=O) groups is 2. The summed E-state index contributed by atoms with van der Waals surface area (Å²) in [5.41, 5.74) is 2.77. The molecule has 0 amide bonds. The fraction of sp³-hybridized carbons (Fsp3) is 0.333. The van der Waals surface area contributed by atoms with Crippen LogP contribution in [-0.4, -0.2) is 33.8 Å². The lowest BCUT2D eigenvalue weighted by Gasteiger charge is -2.11. The lowest BCUT2D eigenvalue weighted by atomic mass is 10.0. The number of nitrogens with zero attached hydrogens (tertiary/aromatic N) is 1. The molecule has 0 fully saturated rings. The maximum atomic E-state index is 11.8. The SMILES string of the molecule is CC(=O)c1ccc2c(c1)c1cc(C(C)=O)c(O)cc1n2CCNC(C)C. The number of ketones is 2. The number of carbonyl (C=O) groups excluding carboxylic acids is 2. The number of phenols is 1.